The highest BCUT2D eigenvalue weighted by Gasteiger charge is 2.56. The molecule has 0 aromatic rings. The van der Waals surface area contributed by atoms with Crippen molar-refractivity contribution >= 4 is 17.9 Å². The first-order valence-electron chi connectivity index (χ1n) is 38.3. The molecule has 109 heavy (non-hydrogen) atoms. The maximum Gasteiger partial charge on any atom is 0.330 e. The number of aliphatic hydroxyl groups is 20. The van der Waals surface area contributed by atoms with E-state index in [4.69, 9.17) is 66.3 Å². The SMILES string of the molecule is O=C(C=CC1CCC(O[C@@H]2O[C@H](CO)[C@@H](O)[C@H](O)[C@H]2O)CC1)OC[C@H]1O[C@@H](OC2CCC(C=CC(=O)OC[C@H]3O[C@@H](OC4CC(C5OC6CC(O[C@@H]7O[C@H](COC(=O)C=CC8CCC(O)CC8)[C@@H](O)[C@H](O)[C@H]7O)CC(O)C6CC5O[C@@H]5O[C@H](CO)[C@@H](O)[C@H](O)[C@H]5O)CCC4O)[C@H](O)[C@@H](O)[C@@H]3O)CC2)[C@H](O)[C@@H](O)[C@@H]1O. The molecule has 0 bridgehead atoms. The molecule has 0 aromatic carbocycles. The van der Waals surface area contributed by atoms with Crippen molar-refractivity contribution in [2.75, 3.05) is 33.0 Å². The Morgan fingerprint density at radius 1 is 0.312 bits per heavy atom. The van der Waals surface area contributed by atoms with Crippen LogP contribution in [-0.4, -0.2) is 368 Å². The van der Waals surface area contributed by atoms with E-state index in [9.17, 15) is 117 Å². The fourth-order valence-electron chi connectivity index (χ4n) is 16.8. The minimum Gasteiger partial charge on any atom is -0.460 e. The summed E-state index contributed by atoms with van der Waals surface area (Å²) in [5.74, 6) is -3.92. The Morgan fingerprint density at radius 3 is 1.04 bits per heavy atom. The van der Waals surface area contributed by atoms with E-state index < -0.39 is 271 Å². The van der Waals surface area contributed by atoms with Crippen LogP contribution in [0.15, 0.2) is 36.5 Å². The Morgan fingerprint density at radius 2 is 0.651 bits per heavy atom. The summed E-state index contributed by atoms with van der Waals surface area (Å²) < 4.78 is 82.6. The van der Waals surface area contributed by atoms with E-state index in [1.165, 1.54) is 18.2 Å². The molecule has 5 saturated carbocycles. The van der Waals surface area contributed by atoms with Crippen molar-refractivity contribution in [1.82, 2.24) is 0 Å². The predicted octanol–water partition coefficient (Wildman–Crippen LogP) is -6.75. The molecule has 0 radical (unpaired) electrons. The van der Waals surface area contributed by atoms with Crippen molar-refractivity contribution in [3.63, 3.8) is 0 Å². The summed E-state index contributed by atoms with van der Waals surface area (Å²) in [5, 5.41) is 214. The summed E-state index contributed by atoms with van der Waals surface area (Å²) in [7, 11) is 0. The van der Waals surface area contributed by atoms with Gasteiger partial charge in [0.25, 0.3) is 0 Å². The van der Waals surface area contributed by atoms with Crippen molar-refractivity contribution < 1.29 is 183 Å². The Bertz CT molecular complexity index is 2930. The molecular weight excluding hydrogens is 1460 g/mol. The van der Waals surface area contributed by atoms with Gasteiger partial charge < -0.3 is 168 Å². The van der Waals surface area contributed by atoms with E-state index in [0.29, 0.717) is 77.0 Å². The highest BCUT2D eigenvalue weighted by molar-refractivity contribution is 5.82. The molecule has 622 valence electrons. The first-order chi connectivity index (χ1) is 52.1. The average Bonchev–Trinajstić information content (AvgIpc) is 0.766. The Labute approximate surface area is 627 Å². The minimum atomic E-state index is -1.92. The van der Waals surface area contributed by atoms with Crippen LogP contribution in [0.1, 0.15) is 116 Å². The van der Waals surface area contributed by atoms with Crippen LogP contribution in [0.2, 0.25) is 0 Å². The number of esters is 3. The van der Waals surface area contributed by atoms with E-state index in [1.807, 2.05) is 0 Å². The minimum absolute atomic E-state index is 0.00285. The molecule has 6 heterocycles. The van der Waals surface area contributed by atoms with Crippen LogP contribution in [0.5, 0.6) is 0 Å². The van der Waals surface area contributed by atoms with E-state index in [-0.39, 0.29) is 62.4 Å². The maximum absolute atomic E-state index is 13.2. The number of hydrogen-bond acceptors (Lipinski definition) is 37. The van der Waals surface area contributed by atoms with E-state index in [1.54, 1.807) is 18.2 Å². The molecule has 11 fully saturated rings. The Kier molecular flexibility index (Phi) is 31.1. The number of ether oxygens (including phenoxy) is 14. The smallest absolute Gasteiger partial charge is 0.330 e. The summed E-state index contributed by atoms with van der Waals surface area (Å²) in [6, 6.07) is 0. The van der Waals surface area contributed by atoms with Gasteiger partial charge in [0.05, 0.1) is 74.3 Å². The fraction of sp³-hybridized carbons (Fsp3) is 0.875. The fourth-order valence-corrected chi connectivity index (χ4v) is 16.8. The van der Waals surface area contributed by atoms with Gasteiger partial charge in [-0.25, -0.2) is 14.4 Å². The molecule has 9 unspecified atom stereocenters. The molecule has 0 aromatic heterocycles. The lowest BCUT2D eigenvalue weighted by Crippen LogP contribution is -2.63. The molecule has 11 rings (SSSR count). The topological polar surface area (TPSA) is 585 Å². The van der Waals surface area contributed by atoms with Gasteiger partial charge in [0, 0.05) is 37.0 Å². The van der Waals surface area contributed by atoms with Gasteiger partial charge in [0.15, 0.2) is 31.5 Å². The standard InChI is InChI=1S/C72H112O37/c73-25-44-52(81)57(86)62(91)68(105-44)99-35-13-3-31(4-14-35)8-19-50(79)96-27-46-54(83)59(88)63(92)69(107-46)100-36-15-5-32(6-16-36)9-20-51(80)98-29-48-56(85)61(90)66(95)71(109-48)103-42-21-33(10-17-39(42)76)67-43(104-72-65(94)58(87)53(82)45(26-74)106-72)24-38-40(77)22-37(23-41(38)102-67)101-70-64(93)60(89)55(84)47(108-70)28-97-49(78)18-7-30-1-11-34(75)12-2-30/h7-9,18-20,30-48,52-77,81-95H,1-6,10-17,21-29H2/t30?,31?,32?,33?,34?,35?,36?,37?,38?,39?,40?,41?,42?,43?,44-,45-,46-,47-,48-,52-,53-,54-,55-,56-,57+,58+,59+,60+,61+,62-,63-,64-,65-,66-,67?,68-,69-,70-,71-,72-/m1/s1. The van der Waals surface area contributed by atoms with Crippen LogP contribution in [0.25, 0.3) is 0 Å². The highest BCUT2D eigenvalue weighted by Crippen LogP contribution is 2.46. The van der Waals surface area contributed by atoms with Gasteiger partial charge in [-0.15, -0.1) is 0 Å². The number of hydrogen-bond donors (Lipinski definition) is 20. The lowest BCUT2D eigenvalue weighted by atomic mass is 9.72. The third kappa shape index (κ3) is 21.5. The number of aliphatic hydroxyl groups excluding tert-OH is 20. The van der Waals surface area contributed by atoms with Crippen LogP contribution < -0.4 is 0 Å². The number of carbonyl (C=O) groups excluding carboxylic acids is 3. The van der Waals surface area contributed by atoms with Crippen molar-refractivity contribution in [3.05, 3.63) is 36.5 Å². The summed E-state index contributed by atoms with van der Waals surface area (Å²) in [5.41, 5.74) is 0. The Balaban J connectivity index is 0.642. The van der Waals surface area contributed by atoms with Gasteiger partial charge in [-0.3, -0.25) is 0 Å². The molecule has 11 aliphatic rings. The van der Waals surface area contributed by atoms with Gasteiger partial charge in [0.1, 0.15) is 142 Å². The summed E-state index contributed by atoms with van der Waals surface area (Å²) in [6.45, 7) is -3.05. The largest absolute Gasteiger partial charge is 0.460 e. The summed E-state index contributed by atoms with van der Waals surface area (Å²) in [6.07, 6.45) is -34.0. The van der Waals surface area contributed by atoms with Crippen LogP contribution in [0, 0.1) is 29.6 Å². The monoisotopic (exact) mass is 1570 g/mol. The van der Waals surface area contributed by atoms with Crippen molar-refractivity contribution in [2.24, 2.45) is 29.6 Å². The quantitative estimate of drug-likeness (QED) is 0.0229. The predicted molar refractivity (Wildman–Crippen MR) is 359 cm³/mol. The first-order valence-corrected chi connectivity index (χ1v) is 38.3. The van der Waals surface area contributed by atoms with Gasteiger partial charge >= 0.3 is 17.9 Å². The number of fused-ring (bicyclic) bond motifs is 1. The van der Waals surface area contributed by atoms with Crippen LogP contribution in [-0.2, 0) is 80.7 Å². The summed E-state index contributed by atoms with van der Waals surface area (Å²) in [4.78, 5) is 38.7. The van der Waals surface area contributed by atoms with Crippen molar-refractivity contribution in [3.8, 4) is 0 Å². The Hall–Kier alpha value is -3.61. The molecule has 0 amide bonds. The van der Waals surface area contributed by atoms with Crippen molar-refractivity contribution in [1.29, 1.82) is 0 Å². The lowest BCUT2D eigenvalue weighted by molar-refractivity contribution is -0.341. The molecular formula is C72H112O37. The molecule has 0 spiro atoms. The second-order valence-corrected chi connectivity index (χ2v) is 31.1. The average molecular weight is 1570 g/mol. The second kappa shape index (κ2) is 39.4. The lowest BCUT2D eigenvalue weighted by Gasteiger charge is -2.52. The molecule has 37 heteroatoms. The van der Waals surface area contributed by atoms with Gasteiger partial charge in [-0.05, 0) is 126 Å². The van der Waals surface area contributed by atoms with E-state index in [2.05, 4.69) is 0 Å². The van der Waals surface area contributed by atoms with E-state index in [0.717, 1.165) is 0 Å². The summed E-state index contributed by atoms with van der Waals surface area (Å²) >= 11 is 0. The zero-order valence-corrected chi connectivity index (χ0v) is 60.2. The zero-order chi connectivity index (χ0) is 78.2. The number of rotatable bonds is 25. The molecule has 20 N–H and O–H groups in total. The third-order valence-electron chi connectivity index (χ3n) is 23.6. The van der Waals surface area contributed by atoms with Crippen LogP contribution >= 0.6 is 0 Å². The molecule has 5 aliphatic carbocycles. The third-order valence-corrected chi connectivity index (χ3v) is 23.6. The molecule has 6 aliphatic heterocycles. The second-order valence-electron chi connectivity index (χ2n) is 31.1. The highest BCUT2D eigenvalue weighted by atomic mass is 16.7. The van der Waals surface area contributed by atoms with Gasteiger partial charge in [-0.2, -0.15) is 0 Å². The van der Waals surface area contributed by atoms with Gasteiger partial charge in [0.2, 0.25) is 0 Å². The first kappa shape index (κ1) is 86.3. The molecule has 37 nitrogen and oxygen atoms in total. The maximum atomic E-state index is 13.2. The zero-order valence-electron chi connectivity index (χ0n) is 60.2. The molecule has 34 atom stereocenters. The number of carbonyl (C=O) groups is 3. The normalized spacial score (nSPS) is 48.2. The van der Waals surface area contributed by atoms with Crippen LogP contribution in [0.4, 0.5) is 0 Å². The van der Waals surface area contributed by atoms with Crippen LogP contribution in [0.3, 0.4) is 0 Å². The van der Waals surface area contributed by atoms with Gasteiger partial charge in [-0.1, -0.05) is 18.2 Å². The number of allylic oxidation sites excluding steroid dienone is 3. The van der Waals surface area contributed by atoms with E-state index >= 15 is 0 Å². The molecule has 6 saturated heterocycles. The van der Waals surface area contributed by atoms with Crippen molar-refractivity contribution in [2.45, 2.75) is 330 Å².